The minimum Gasteiger partial charge on any atom is -0.462 e. The lowest BCUT2D eigenvalue weighted by Crippen LogP contribution is -2.06. The van der Waals surface area contributed by atoms with Crippen LogP contribution in [0, 0.1) is 25.2 Å². The number of hydrogen-bond donors (Lipinski definition) is 0. The first-order valence-corrected chi connectivity index (χ1v) is 10.1. The molecule has 0 unspecified atom stereocenters. The highest BCUT2D eigenvalue weighted by atomic mass is 79.9. The van der Waals surface area contributed by atoms with Gasteiger partial charge in [-0.05, 0) is 74.4 Å². The van der Waals surface area contributed by atoms with Gasteiger partial charge in [-0.25, -0.2) is 4.79 Å². The molecule has 1 aromatic heterocycles. The van der Waals surface area contributed by atoms with E-state index in [1.165, 1.54) is 0 Å². The number of carbonyl (C=O) groups excluding carboxylic acids is 1. The smallest absolute Gasteiger partial charge is 0.338 e. The van der Waals surface area contributed by atoms with Gasteiger partial charge in [0.25, 0.3) is 0 Å². The summed E-state index contributed by atoms with van der Waals surface area (Å²) < 4.78 is 8.16. The molecular weight excluding hydrogens is 428 g/mol. The normalized spacial score (nSPS) is 11.2. The van der Waals surface area contributed by atoms with Crippen LogP contribution in [0.15, 0.2) is 59.1 Å². The molecule has 0 amide bonds. The standard InChI is InChI=1S/C24H21BrN2O2/c1-4-29-24(28)19-6-5-7-23(14-19)27-16(2)12-20(17(27)3)13-21(15-26)18-8-10-22(25)11-9-18/h5-14H,4H2,1-3H3/b21-13-. The molecule has 3 rings (SSSR count). The predicted molar refractivity (Wildman–Crippen MR) is 119 cm³/mol. The summed E-state index contributed by atoms with van der Waals surface area (Å²) in [6.45, 7) is 6.14. The molecule has 1 heterocycles. The first-order chi connectivity index (χ1) is 13.9. The van der Waals surface area contributed by atoms with Crippen molar-refractivity contribution in [1.82, 2.24) is 4.57 Å². The molecule has 29 heavy (non-hydrogen) atoms. The van der Waals surface area contributed by atoms with Gasteiger partial charge >= 0.3 is 5.97 Å². The fraction of sp³-hybridized carbons (Fsp3) is 0.167. The Morgan fingerprint density at radius 3 is 2.52 bits per heavy atom. The van der Waals surface area contributed by atoms with Gasteiger partial charge in [0.15, 0.2) is 0 Å². The van der Waals surface area contributed by atoms with Gasteiger partial charge < -0.3 is 9.30 Å². The van der Waals surface area contributed by atoms with E-state index in [0.29, 0.717) is 17.7 Å². The van der Waals surface area contributed by atoms with E-state index >= 15 is 0 Å². The number of esters is 1. The van der Waals surface area contributed by atoms with Gasteiger partial charge in [-0.2, -0.15) is 5.26 Å². The SMILES string of the molecule is CCOC(=O)c1cccc(-n2c(C)cc(/C=C(/C#N)c3ccc(Br)cc3)c2C)c1. The fourth-order valence-electron chi connectivity index (χ4n) is 3.28. The average Bonchev–Trinajstić information content (AvgIpc) is 3.00. The molecule has 5 heteroatoms. The van der Waals surface area contributed by atoms with E-state index in [9.17, 15) is 10.1 Å². The molecule has 0 fully saturated rings. The zero-order valence-electron chi connectivity index (χ0n) is 16.6. The second kappa shape index (κ2) is 8.93. The van der Waals surface area contributed by atoms with Gasteiger partial charge in [0.2, 0.25) is 0 Å². The van der Waals surface area contributed by atoms with Crippen LogP contribution in [0.25, 0.3) is 17.3 Å². The summed E-state index contributed by atoms with van der Waals surface area (Å²) in [5, 5.41) is 9.65. The zero-order chi connectivity index (χ0) is 21.0. The molecule has 0 aliphatic heterocycles. The molecule has 0 N–H and O–H groups in total. The van der Waals surface area contributed by atoms with Crippen LogP contribution in [-0.4, -0.2) is 17.1 Å². The number of allylic oxidation sites excluding steroid dienone is 1. The van der Waals surface area contributed by atoms with Crippen molar-refractivity contribution in [3.05, 3.63) is 87.1 Å². The summed E-state index contributed by atoms with van der Waals surface area (Å²) >= 11 is 3.42. The molecule has 0 spiro atoms. The molecule has 0 aliphatic rings. The number of aromatic nitrogens is 1. The second-order valence-electron chi connectivity index (χ2n) is 6.61. The Morgan fingerprint density at radius 2 is 1.86 bits per heavy atom. The number of nitriles is 1. The molecule has 2 aromatic carbocycles. The number of carbonyl (C=O) groups is 1. The molecule has 146 valence electrons. The number of nitrogens with zero attached hydrogens (tertiary/aromatic N) is 2. The highest BCUT2D eigenvalue weighted by Gasteiger charge is 2.13. The van der Waals surface area contributed by atoms with Gasteiger partial charge in [-0.1, -0.05) is 34.1 Å². The van der Waals surface area contributed by atoms with Crippen LogP contribution >= 0.6 is 15.9 Å². The minimum atomic E-state index is -0.334. The van der Waals surface area contributed by atoms with Crippen molar-refractivity contribution in [3.63, 3.8) is 0 Å². The molecule has 0 bridgehead atoms. The summed E-state index contributed by atoms with van der Waals surface area (Å²) in [5.41, 5.74) is 5.83. The molecule has 3 aromatic rings. The maximum Gasteiger partial charge on any atom is 0.338 e. The topological polar surface area (TPSA) is 55.0 Å². The minimum absolute atomic E-state index is 0.334. The summed E-state index contributed by atoms with van der Waals surface area (Å²) in [5.74, 6) is -0.334. The number of rotatable bonds is 5. The van der Waals surface area contributed by atoms with Crippen molar-refractivity contribution in [2.45, 2.75) is 20.8 Å². The maximum atomic E-state index is 12.1. The van der Waals surface area contributed by atoms with Crippen LogP contribution in [0.2, 0.25) is 0 Å². The first-order valence-electron chi connectivity index (χ1n) is 9.28. The van der Waals surface area contributed by atoms with E-state index in [1.54, 1.807) is 13.0 Å². The number of hydrogen-bond acceptors (Lipinski definition) is 3. The summed E-state index contributed by atoms with van der Waals surface area (Å²) in [6, 6.07) is 19.4. The van der Waals surface area contributed by atoms with Crippen LogP contribution in [0.5, 0.6) is 0 Å². The number of benzene rings is 2. The van der Waals surface area contributed by atoms with Crippen molar-refractivity contribution in [3.8, 4) is 11.8 Å². The Balaban J connectivity index is 2.03. The van der Waals surface area contributed by atoms with Crippen molar-refractivity contribution in [2.24, 2.45) is 0 Å². The Bertz CT molecular complexity index is 1120. The fourth-order valence-corrected chi connectivity index (χ4v) is 3.55. The van der Waals surface area contributed by atoms with Crippen LogP contribution in [0.3, 0.4) is 0 Å². The van der Waals surface area contributed by atoms with E-state index in [2.05, 4.69) is 26.6 Å². The third-order valence-electron chi connectivity index (χ3n) is 4.66. The quantitative estimate of drug-likeness (QED) is 0.350. The van der Waals surface area contributed by atoms with Gasteiger partial charge in [-0.15, -0.1) is 0 Å². The van der Waals surface area contributed by atoms with Crippen molar-refractivity contribution in [1.29, 1.82) is 5.26 Å². The Labute approximate surface area is 179 Å². The summed E-state index contributed by atoms with van der Waals surface area (Å²) in [6.07, 6.45) is 1.90. The van der Waals surface area contributed by atoms with E-state index < -0.39 is 0 Å². The summed E-state index contributed by atoms with van der Waals surface area (Å²) in [7, 11) is 0. The third-order valence-corrected chi connectivity index (χ3v) is 5.19. The van der Waals surface area contributed by atoms with E-state index in [-0.39, 0.29) is 5.97 Å². The lowest BCUT2D eigenvalue weighted by atomic mass is 10.0. The number of ether oxygens (including phenoxy) is 1. The summed E-state index contributed by atoms with van der Waals surface area (Å²) in [4.78, 5) is 12.1. The van der Waals surface area contributed by atoms with Gasteiger partial charge in [-0.3, -0.25) is 0 Å². The van der Waals surface area contributed by atoms with E-state index in [1.807, 2.05) is 68.5 Å². The second-order valence-corrected chi connectivity index (χ2v) is 7.53. The lowest BCUT2D eigenvalue weighted by molar-refractivity contribution is 0.0526. The molecule has 0 aliphatic carbocycles. The molecule has 4 nitrogen and oxygen atoms in total. The van der Waals surface area contributed by atoms with Crippen molar-refractivity contribution >= 4 is 33.5 Å². The molecular formula is C24H21BrN2O2. The van der Waals surface area contributed by atoms with E-state index in [4.69, 9.17) is 4.74 Å². The van der Waals surface area contributed by atoms with Gasteiger partial charge in [0, 0.05) is 21.5 Å². The van der Waals surface area contributed by atoms with Crippen LogP contribution in [0.1, 0.15) is 39.8 Å². The van der Waals surface area contributed by atoms with Gasteiger partial charge in [0.1, 0.15) is 0 Å². The molecule has 0 saturated carbocycles. The van der Waals surface area contributed by atoms with Crippen molar-refractivity contribution in [2.75, 3.05) is 6.61 Å². The Kier molecular flexibility index (Phi) is 6.36. The van der Waals surface area contributed by atoms with Crippen LogP contribution in [0.4, 0.5) is 0 Å². The Hall–Kier alpha value is -3.10. The highest BCUT2D eigenvalue weighted by Crippen LogP contribution is 2.26. The van der Waals surface area contributed by atoms with Crippen molar-refractivity contribution < 1.29 is 9.53 Å². The largest absolute Gasteiger partial charge is 0.462 e. The maximum absolute atomic E-state index is 12.1. The molecule has 0 saturated heterocycles. The third kappa shape index (κ3) is 4.49. The highest BCUT2D eigenvalue weighted by molar-refractivity contribution is 9.10. The number of halogens is 1. The van der Waals surface area contributed by atoms with Gasteiger partial charge in [0.05, 0.1) is 23.8 Å². The first kappa shape index (κ1) is 20.6. The zero-order valence-corrected chi connectivity index (χ0v) is 18.2. The average molecular weight is 449 g/mol. The monoisotopic (exact) mass is 448 g/mol. The van der Waals surface area contributed by atoms with Crippen LogP contribution < -0.4 is 0 Å². The Morgan fingerprint density at radius 1 is 1.14 bits per heavy atom. The predicted octanol–water partition coefficient (Wildman–Crippen LogP) is 6.10. The lowest BCUT2D eigenvalue weighted by Gasteiger charge is -2.11. The molecule has 0 atom stereocenters. The van der Waals surface area contributed by atoms with Crippen LogP contribution in [-0.2, 0) is 4.74 Å². The number of aryl methyl sites for hydroxylation is 1. The molecule has 0 radical (unpaired) electrons. The van der Waals surface area contributed by atoms with E-state index in [0.717, 1.165) is 32.7 Å².